The summed E-state index contributed by atoms with van der Waals surface area (Å²) in [6.07, 6.45) is 1.25. The van der Waals surface area contributed by atoms with Crippen molar-refractivity contribution >= 4 is 41.1 Å². The second-order valence-electron chi connectivity index (χ2n) is 12.0. The van der Waals surface area contributed by atoms with E-state index in [2.05, 4.69) is 15.9 Å². The third-order valence-electron chi connectivity index (χ3n) is 8.21. The molecule has 4 rings (SSSR count). The summed E-state index contributed by atoms with van der Waals surface area (Å²) in [6, 6.07) is 12.9. The molecular weight excluding hydrogens is 592 g/mol. The van der Waals surface area contributed by atoms with E-state index in [1.165, 1.54) is 11.8 Å². The molecule has 2 aromatic carbocycles. The van der Waals surface area contributed by atoms with Crippen LogP contribution in [0.4, 0.5) is 5.69 Å². The Bertz CT molecular complexity index is 1430. The van der Waals surface area contributed by atoms with Crippen molar-refractivity contribution in [1.82, 2.24) is 20.4 Å². The van der Waals surface area contributed by atoms with Crippen LogP contribution in [0.15, 0.2) is 65.9 Å². The zero-order chi connectivity index (χ0) is 33.4. The molecule has 13 nitrogen and oxygen atoms in total. The average Bonchev–Trinajstić information content (AvgIpc) is 3.67. The summed E-state index contributed by atoms with van der Waals surface area (Å²) in [4.78, 5) is 93.1. The van der Waals surface area contributed by atoms with Gasteiger partial charge in [0.05, 0.1) is 11.0 Å². The van der Waals surface area contributed by atoms with Gasteiger partial charge in [0.25, 0.3) is 5.91 Å². The number of amides is 6. The fraction of sp³-hybridized carbons (Fsp3) is 0.455. The lowest BCUT2D eigenvalue weighted by molar-refractivity contribution is -0.147. The normalized spacial score (nSPS) is 18.2. The molecule has 13 heteroatoms. The van der Waals surface area contributed by atoms with Gasteiger partial charge in [-0.2, -0.15) is 5.01 Å². The van der Waals surface area contributed by atoms with Crippen molar-refractivity contribution in [2.24, 2.45) is 11.2 Å². The van der Waals surface area contributed by atoms with Gasteiger partial charge >= 0.3 is 0 Å². The lowest BCUT2D eigenvalue weighted by Gasteiger charge is -2.32. The third-order valence-corrected chi connectivity index (χ3v) is 8.21. The van der Waals surface area contributed by atoms with Crippen LogP contribution in [-0.2, 0) is 35.2 Å². The number of benzene rings is 2. The van der Waals surface area contributed by atoms with Crippen LogP contribution in [-0.4, -0.2) is 76.0 Å². The highest BCUT2D eigenvalue weighted by Crippen LogP contribution is 2.23. The van der Waals surface area contributed by atoms with Gasteiger partial charge in [-0.3, -0.25) is 33.7 Å². The van der Waals surface area contributed by atoms with Crippen molar-refractivity contribution in [3.63, 3.8) is 0 Å². The van der Waals surface area contributed by atoms with E-state index >= 15 is 0 Å². The van der Waals surface area contributed by atoms with Crippen LogP contribution in [0.1, 0.15) is 58.4 Å². The van der Waals surface area contributed by atoms with Gasteiger partial charge in [-0.15, -0.1) is 4.91 Å². The van der Waals surface area contributed by atoms with Gasteiger partial charge in [0.1, 0.15) is 24.2 Å². The first kappa shape index (κ1) is 33.9. The van der Waals surface area contributed by atoms with Crippen molar-refractivity contribution in [2.45, 2.75) is 83.5 Å². The van der Waals surface area contributed by atoms with E-state index in [0.29, 0.717) is 17.9 Å². The van der Waals surface area contributed by atoms with Crippen LogP contribution in [0.25, 0.3) is 0 Å². The minimum Gasteiger partial charge on any atom is -0.342 e. The van der Waals surface area contributed by atoms with Gasteiger partial charge in [0.2, 0.25) is 29.5 Å². The van der Waals surface area contributed by atoms with Gasteiger partial charge < -0.3 is 15.5 Å². The number of nitrogens with one attached hydrogen (secondary N) is 2. The number of carbonyl (C=O) groups excluding carboxylic acids is 6. The molecule has 2 fully saturated rings. The smallest absolute Gasteiger partial charge is 0.272 e. The van der Waals surface area contributed by atoms with E-state index in [-0.39, 0.29) is 43.8 Å². The summed E-state index contributed by atoms with van der Waals surface area (Å²) < 4.78 is 0. The summed E-state index contributed by atoms with van der Waals surface area (Å²) in [5, 5.41) is 9.13. The van der Waals surface area contributed by atoms with Gasteiger partial charge in [0, 0.05) is 25.8 Å². The molecule has 0 radical (unpaired) electrons. The molecule has 0 unspecified atom stereocenters. The van der Waals surface area contributed by atoms with Crippen LogP contribution in [0.3, 0.4) is 0 Å². The van der Waals surface area contributed by atoms with Crippen molar-refractivity contribution < 1.29 is 28.8 Å². The molecule has 2 aliphatic rings. The number of nitrogens with zero attached hydrogens (tertiary/aromatic N) is 4. The van der Waals surface area contributed by atoms with Crippen molar-refractivity contribution in [2.75, 3.05) is 11.6 Å². The molecule has 2 aliphatic heterocycles. The highest BCUT2D eigenvalue weighted by Gasteiger charge is 2.41. The van der Waals surface area contributed by atoms with E-state index in [1.54, 1.807) is 54.6 Å². The maximum atomic E-state index is 13.9. The lowest BCUT2D eigenvalue weighted by atomic mass is 10.0. The summed E-state index contributed by atoms with van der Waals surface area (Å²) in [6.45, 7) is 5.47. The Morgan fingerprint density at radius 1 is 0.891 bits per heavy atom. The Hall–Kier alpha value is -4.94. The third kappa shape index (κ3) is 8.01. The fourth-order valence-corrected chi connectivity index (χ4v) is 5.88. The van der Waals surface area contributed by atoms with Crippen molar-refractivity contribution in [3.8, 4) is 0 Å². The van der Waals surface area contributed by atoms with Gasteiger partial charge in [-0.25, -0.2) is 0 Å². The van der Waals surface area contributed by atoms with E-state index in [4.69, 9.17) is 0 Å². The summed E-state index contributed by atoms with van der Waals surface area (Å²) in [7, 11) is 0. The SMILES string of the molecule is CC(C)C[C@H](NC(=O)[C@H](C)N1C(=O)CCC1=O)C(=O)N1CCC[C@H]1C(=O)N[C@@H](Cc1ccccc1)C(=O)N(N=O)c1ccccc1. The molecule has 0 spiro atoms. The Kier molecular flexibility index (Phi) is 11.3. The molecule has 2 saturated heterocycles. The van der Waals surface area contributed by atoms with E-state index < -0.39 is 59.6 Å². The number of para-hydroxylation sites is 1. The predicted octanol–water partition coefficient (Wildman–Crippen LogP) is 2.49. The molecule has 2 N–H and O–H groups in total. The topological polar surface area (TPSA) is 166 Å². The number of nitroso groups, excluding NO2 is 1. The average molecular weight is 633 g/mol. The molecule has 0 aliphatic carbocycles. The fourth-order valence-electron chi connectivity index (χ4n) is 5.88. The first-order valence-electron chi connectivity index (χ1n) is 15.5. The first-order chi connectivity index (χ1) is 22.0. The second kappa shape index (κ2) is 15.4. The number of anilines is 1. The van der Waals surface area contributed by atoms with Gasteiger partial charge in [-0.05, 0) is 49.8 Å². The molecular formula is C33H40N6O7. The standard InChI is InChI=1S/C33H40N6O7/c1-21(2)19-25(34-30(42)22(3)38-28(40)16-17-29(38)41)32(44)37-18-10-15-27(37)31(43)35-26(20-23-11-6-4-7-12-23)33(45)39(36-46)24-13-8-5-9-14-24/h4-9,11-14,21-22,25-27H,10,15-20H2,1-3H3,(H,34,42)(H,35,43)/t22-,25-,26-,27-/m0/s1. The number of rotatable bonds is 13. The van der Waals surface area contributed by atoms with Crippen molar-refractivity contribution in [1.29, 1.82) is 0 Å². The molecule has 0 saturated carbocycles. The zero-order valence-electron chi connectivity index (χ0n) is 26.3. The van der Waals surface area contributed by atoms with Crippen LogP contribution in [0.2, 0.25) is 0 Å². The Balaban J connectivity index is 1.52. The number of hydrogen-bond donors (Lipinski definition) is 2. The van der Waals surface area contributed by atoms with Crippen LogP contribution < -0.4 is 15.6 Å². The van der Waals surface area contributed by atoms with Gasteiger partial charge in [0.15, 0.2) is 0 Å². The number of carbonyl (C=O) groups is 6. The predicted molar refractivity (Wildman–Crippen MR) is 168 cm³/mol. The Labute approximate surface area is 267 Å². The zero-order valence-corrected chi connectivity index (χ0v) is 26.3. The maximum Gasteiger partial charge on any atom is 0.272 e. The monoisotopic (exact) mass is 632 g/mol. The number of imide groups is 1. The van der Waals surface area contributed by atoms with Crippen molar-refractivity contribution in [3.05, 3.63) is 71.1 Å². The largest absolute Gasteiger partial charge is 0.342 e. The summed E-state index contributed by atoms with van der Waals surface area (Å²) >= 11 is 0. The highest BCUT2D eigenvalue weighted by atomic mass is 16.3. The Morgan fingerprint density at radius 2 is 1.50 bits per heavy atom. The molecule has 244 valence electrons. The molecule has 2 heterocycles. The highest BCUT2D eigenvalue weighted by molar-refractivity contribution is 6.06. The second-order valence-corrected chi connectivity index (χ2v) is 12.0. The van der Waals surface area contributed by atoms with Gasteiger partial charge in [-0.1, -0.05) is 62.4 Å². The maximum absolute atomic E-state index is 13.9. The molecule has 2 aromatic rings. The van der Waals surface area contributed by atoms with E-state index in [1.807, 2.05) is 19.9 Å². The number of hydrogen-bond acceptors (Lipinski definition) is 8. The van der Waals surface area contributed by atoms with Crippen LogP contribution >= 0.6 is 0 Å². The van der Waals surface area contributed by atoms with Crippen LogP contribution in [0, 0.1) is 10.8 Å². The minimum atomic E-state index is -1.17. The molecule has 0 aromatic heterocycles. The summed E-state index contributed by atoms with van der Waals surface area (Å²) in [5.74, 6) is -3.32. The van der Waals surface area contributed by atoms with E-state index in [0.717, 1.165) is 10.5 Å². The first-order valence-corrected chi connectivity index (χ1v) is 15.5. The molecule has 6 amide bonds. The van der Waals surface area contributed by atoms with E-state index in [9.17, 15) is 33.7 Å². The summed E-state index contributed by atoms with van der Waals surface area (Å²) in [5.41, 5.74) is 0.981. The minimum absolute atomic E-state index is 0.0119. The molecule has 4 atom stereocenters. The lowest BCUT2D eigenvalue weighted by Crippen LogP contribution is -2.58. The Morgan fingerprint density at radius 3 is 2.09 bits per heavy atom. The number of likely N-dealkylation sites (tertiary alicyclic amines) is 2. The quantitative estimate of drug-likeness (QED) is 0.194. The molecule has 0 bridgehead atoms. The molecule has 46 heavy (non-hydrogen) atoms. The van der Waals surface area contributed by atoms with Crippen LogP contribution in [0.5, 0.6) is 0 Å².